The predicted molar refractivity (Wildman–Crippen MR) is 93.2 cm³/mol. The molecule has 0 aliphatic carbocycles. The van der Waals surface area contributed by atoms with Crippen LogP contribution in [0.4, 0.5) is 14.5 Å². The largest absolute Gasteiger partial charge is 0.422 e. The topological polar surface area (TPSA) is 102 Å². The SMILES string of the molecule is NS(=O)(=O)Nc1cccc(Cc2c(CF)c3cc(F)ccc3oc2=O)c1. The first-order chi connectivity index (χ1) is 12.3. The number of anilines is 1. The number of fused-ring (bicyclic) bond motifs is 1. The maximum Gasteiger partial charge on any atom is 0.340 e. The van der Waals surface area contributed by atoms with Crippen LogP contribution in [0, 0.1) is 5.82 Å². The first-order valence-electron chi connectivity index (χ1n) is 7.46. The van der Waals surface area contributed by atoms with Crippen LogP contribution in [0.25, 0.3) is 11.0 Å². The van der Waals surface area contributed by atoms with E-state index in [1.54, 1.807) is 12.1 Å². The Morgan fingerprint density at radius 3 is 2.58 bits per heavy atom. The van der Waals surface area contributed by atoms with Gasteiger partial charge >= 0.3 is 5.63 Å². The van der Waals surface area contributed by atoms with Crippen molar-refractivity contribution in [3.05, 3.63) is 75.4 Å². The molecule has 3 rings (SSSR count). The Labute approximate surface area is 147 Å². The van der Waals surface area contributed by atoms with Crippen molar-refractivity contribution < 1.29 is 21.6 Å². The molecule has 6 nitrogen and oxygen atoms in total. The Morgan fingerprint density at radius 1 is 1.12 bits per heavy atom. The van der Waals surface area contributed by atoms with Gasteiger partial charge in [-0.1, -0.05) is 12.1 Å². The lowest BCUT2D eigenvalue weighted by atomic mass is 9.99. The van der Waals surface area contributed by atoms with Gasteiger partial charge in [-0.3, -0.25) is 4.72 Å². The van der Waals surface area contributed by atoms with Crippen molar-refractivity contribution in [2.24, 2.45) is 5.14 Å². The highest BCUT2D eigenvalue weighted by Gasteiger charge is 2.16. The molecule has 0 saturated heterocycles. The van der Waals surface area contributed by atoms with Crippen molar-refractivity contribution in [3.63, 3.8) is 0 Å². The molecule has 3 aromatic rings. The molecule has 0 aliphatic heterocycles. The Balaban J connectivity index is 2.08. The van der Waals surface area contributed by atoms with Gasteiger partial charge in [0, 0.05) is 22.9 Å². The third kappa shape index (κ3) is 3.89. The Hall–Kier alpha value is -2.78. The van der Waals surface area contributed by atoms with Crippen LogP contribution < -0.4 is 15.5 Å². The summed E-state index contributed by atoms with van der Waals surface area (Å²) in [5.41, 5.74) is 0.164. The molecule has 1 heterocycles. The number of hydrogen-bond acceptors (Lipinski definition) is 4. The van der Waals surface area contributed by atoms with Gasteiger partial charge in [0.25, 0.3) is 10.2 Å². The fourth-order valence-corrected chi connectivity index (χ4v) is 3.17. The minimum atomic E-state index is -3.95. The molecule has 136 valence electrons. The highest BCUT2D eigenvalue weighted by Crippen LogP contribution is 2.24. The second kappa shape index (κ2) is 6.85. The molecule has 0 atom stereocenters. The molecule has 0 saturated carbocycles. The average molecular weight is 380 g/mol. The van der Waals surface area contributed by atoms with E-state index in [1.807, 2.05) is 0 Å². The fraction of sp³-hybridized carbons (Fsp3) is 0.118. The summed E-state index contributed by atoms with van der Waals surface area (Å²) in [4.78, 5) is 12.3. The molecular formula is C17H14F2N2O4S. The summed E-state index contributed by atoms with van der Waals surface area (Å²) in [6.07, 6.45) is -0.0197. The van der Waals surface area contributed by atoms with Crippen molar-refractivity contribution in [1.29, 1.82) is 0 Å². The van der Waals surface area contributed by atoms with Crippen molar-refractivity contribution in [2.45, 2.75) is 13.1 Å². The van der Waals surface area contributed by atoms with Crippen LogP contribution in [-0.4, -0.2) is 8.42 Å². The number of halogens is 2. The van der Waals surface area contributed by atoms with E-state index >= 15 is 0 Å². The summed E-state index contributed by atoms with van der Waals surface area (Å²) in [6.45, 7) is -0.976. The van der Waals surface area contributed by atoms with Crippen LogP contribution in [0.15, 0.2) is 51.7 Å². The van der Waals surface area contributed by atoms with Gasteiger partial charge in [-0.2, -0.15) is 8.42 Å². The summed E-state index contributed by atoms with van der Waals surface area (Å²) in [7, 11) is -3.95. The van der Waals surface area contributed by atoms with E-state index in [0.717, 1.165) is 12.1 Å². The lowest BCUT2D eigenvalue weighted by molar-refractivity contribution is 0.476. The molecule has 0 amide bonds. The molecule has 3 N–H and O–H groups in total. The van der Waals surface area contributed by atoms with Gasteiger partial charge < -0.3 is 4.42 Å². The predicted octanol–water partition coefficient (Wildman–Crippen LogP) is 2.61. The number of hydrogen-bond donors (Lipinski definition) is 2. The second-order valence-corrected chi connectivity index (χ2v) is 6.94. The number of alkyl halides is 1. The van der Waals surface area contributed by atoms with Crippen molar-refractivity contribution in [2.75, 3.05) is 4.72 Å². The van der Waals surface area contributed by atoms with E-state index in [4.69, 9.17) is 9.56 Å². The van der Waals surface area contributed by atoms with Crippen LogP contribution in [0.2, 0.25) is 0 Å². The van der Waals surface area contributed by atoms with E-state index < -0.39 is 28.3 Å². The van der Waals surface area contributed by atoms with Crippen LogP contribution in [0.5, 0.6) is 0 Å². The standard InChI is InChI=1S/C17H14F2N2O4S/c18-9-15-13-8-11(19)4-5-16(13)25-17(22)14(15)7-10-2-1-3-12(6-10)21-26(20,23)24/h1-6,8,21H,7,9H2,(H2,20,23,24). The lowest BCUT2D eigenvalue weighted by Gasteiger charge is -2.10. The van der Waals surface area contributed by atoms with E-state index in [1.165, 1.54) is 18.2 Å². The average Bonchev–Trinajstić information content (AvgIpc) is 2.55. The van der Waals surface area contributed by atoms with Crippen molar-refractivity contribution in [3.8, 4) is 0 Å². The molecule has 2 aromatic carbocycles. The van der Waals surface area contributed by atoms with Crippen LogP contribution >= 0.6 is 0 Å². The summed E-state index contributed by atoms with van der Waals surface area (Å²) in [5, 5.41) is 5.11. The zero-order chi connectivity index (χ0) is 18.9. The Kier molecular flexibility index (Phi) is 4.75. The summed E-state index contributed by atoms with van der Waals surface area (Å²) in [6, 6.07) is 9.62. The molecule has 0 fully saturated rings. The number of nitrogens with two attached hydrogens (primary N) is 1. The highest BCUT2D eigenvalue weighted by atomic mass is 32.2. The van der Waals surface area contributed by atoms with Crippen LogP contribution in [0.1, 0.15) is 16.7 Å². The molecule has 9 heteroatoms. The molecule has 0 aliphatic rings. The minimum Gasteiger partial charge on any atom is -0.422 e. The van der Waals surface area contributed by atoms with Gasteiger partial charge in [0.2, 0.25) is 0 Å². The number of nitrogens with one attached hydrogen (secondary N) is 1. The maximum absolute atomic E-state index is 13.6. The van der Waals surface area contributed by atoms with E-state index in [-0.39, 0.29) is 34.2 Å². The zero-order valence-electron chi connectivity index (χ0n) is 13.3. The summed E-state index contributed by atoms with van der Waals surface area (Å²) >= 11 is 0. The van der Waals surface area contributed by atoms with Gasteiger partial charge in [0.1, 0.15) is 18.1 Å². The first-order valence-corrected chi connectivity index (χ1v) is 9.01. The van der Waals surface area contributed by atoms with Gasteiger partial charge in [-0.25, -0.2) is 18.7 Å². The number of rotatable bonds is 5. The summed E-state index contributed by atoms with van der Waals surface area (Å²) in [5.74, 6) is -0.577. The van der Waals surface area contributed by atoms with Crippen molar-refractivity contribution >= 4 is 26.9 Å². The summed E-state index contributed by atoms with van der Waals surface area (Å²) < 4.78 is 56.6. The number of benzene rings is 2. The minimum absolute atomic E-state index is 0.0197. The first kappa shape index (κ1) is 18.0. The van der Waals surface area contributed by atoms with Gasteiger partial charge in [-0.05, 0) is 35.9 Å². The molecule has 26 heavy (non-hydrogen) atoms. The third-order valence-corrected chi connectivity index (χ3v) is 4.30. The molecule has 0 bridgehead atoms. The van der Waals surface area contributed by atoms with Gasteiger partial charge in [0.15, 0.2) is 0 Å². The molecule has 0 radical (unpaired) electrons. The smallest absolute Gasteiger partial charge is 0.340 e. The van der Waals surface area contributed by atoms with Gasteiger partial charge in [-0.15, -0.1) is 0 Å². The van der Waals surface area contributed by atoms with Crippen LogP contribution in [0.3, 0.4) is 0 Å². The van der Waals surface area contributed by atoms with Gasteiger partial charge in [0.05, 0.1) is 5.69 Å². The van der Waals surface area contributed by atoms with E-state index in [9.17, 15) is 22.0 Å². The van der Waals surface area contributed by atoms with E-state index in [0.29, 0.717) is 5.56 Å². The Bertz CT molecular complexity index is 1140. The quantitative estimate of drug-likeness (QED) is 0.664. The van der Waals surface area contributed by atoms with Crippen molar-refractivity contribution in [1.82, 2.24) is 0 Å². The zero-order valence-corrected chi connectivity index (χ0v) is 14.1. The maximum atomic E-state index is 13.6. The van der Waals surface area contributed by atoms with E-state index in [2.05, 4.69) is 4.72 Å². The third-order valence-electron chi connectivity index (χ3n) is 3.78. The second-order valence-electron chi connectivity index (χ2n) is 5.64. The molecular weight excluding hydrogens is 366 g/mol. The normalized spacial score (nSPS) is 11.7. The fourth-order valence-electron chi connectivity index (χ4n) is 2.72. The lowest BCUT2D eigenvalue weighted by Crippen LogP contribution is -2.21. The Morgan fingerprint density at radius 2 is 1.88 bits per heavy atom. The molecule has 0 unspecified atom stereocenters. The molecule has 1 aromatic heterocycles. The molecule has 0 spiro atoms. The van der Waals surface area contributed by atoms with Crippen LogP contribution in [-0.2, 0) is 23.3 Å². The monoisotopic (exact) mass is 380 g/mol. The highest BCUT2D eigenvalue weighted by molar-refractivity contribution is 7.90.